The number of nitrogens with one attached hydrogen (secondary N) is 1. The molecule has 0 bridgehead atoms. The van der Waals surface area contributed by atoms with Crippen molar-refractivity contribution in [2.24, 2.45) is 0 Å². The first-order valence-corrected chi connectivity index (χ1v) is 6.93. The first kappa shape index (κ1) is 13.8. The molecule has 1 unspecified atom stereocenters. The van der Waals surface area contributed by atoms with Crippen molar-refractivity contribution < 1.29 is 0 Å². The number of nitrogens with zero attached hydrogens (tertiary/aromatic N) is 4. The van der Waals surface area contributed by atoms with E-state index < -0.39 is 0 Å². The van der Waals surface area contributed by atoms with E-state index in [1.54, 1.807) is 12.4 Å². The number of hydrogen-bond acceptors (Lipinski definition) is 5. The summed E-state index contributed by atoms with van der Waals surface area (Å²) in [5, 5.41) is 12.3. The predicted octanol–water partition coefficient (Wildman–Crippen LogP) is 1.71. The van der Waals surface area contributed by atoms with Gasteiger partial charge in [0.05, 0.1) is 12.4 Å². The second-order valence-electron chi connectivity index (χ2n) is 5.26. The van der Waals surface area contributed by atoms with Gasteiger partial charge in [0.1, 0.15) is 11.9 Å². The average molecular weight is 259 g/mol. The highest BCUT2D eigenvalue weighted by Gasteiger charge is 2.19. The van der Waals surface area contributed by atoms with Crippen LogP contribution in [0.1, 0.15) is 38.8 Å². The van der Waals surface area contributed by atoms with Crippen LogP contribution in [-0.2, 0) is 0 Å². The van der Waals surface area contributed by atoms with Crippen LogP contribution in [0.3, 0.4) is 0 Å². The van der Waals surface area contributed by atoms with Crippen LogP contribution in [-0.4, -0.2) is 35.1 Å². The highest BCUT2D eigenvalue weighted by Crippen LogP contribution is 2.16. The summed E-state index contributed by atoms with van der Waals surface area (Å²) in [5.74, 6) is 0.848. The Labute approximate surface area is 114 Å². The number of anilines is 1. The van der Waals surface area contributed by atoms with Crippen molar-refractivity contribution in [2.45, 2.75) is 45.2 Å². The summed E-state index contributed by atoms with van der Waals surface area (Å²) >= 11 is 0. The summed E-state index contributed by atoms with van der Waals surface area (Å²) in [6, 6.07) is 2.89. The zero-order valence-electron chi connectivity index (χ0n) is 11.6. The Bertz CT molecular complexity index is 428. The van der Waals surface area contributed by atoms with Gasteiger partial charge in [0.2, 0.25) is 0 Å². The number of piperidine rings is 1. The van der Waals surface area contributed by atoms with Gasteiger partial charge >= 0.3 is 0 Å². The smallest absolute Gasteiger partial charge is 0.158 e. The lowest BCUT2D eigenvalue weighted by Gasteiger charge is -2.33. The van der Waals surface area contributed by atoms with Crippen molar-refractivity contribution in [1.82, 2.24) is 15.3 Å². The van der Waals surface area contributed by atoms with Gasteiger partial charge in [0, 0.05) is 18.6 Å². The molecule has 1 saturated heterocycles. The molecule has 2 rings (SSSR count). The number of aromatic nitrogens is 2. The van der Waals surface area contributed by atoms with Crippen molar-refractivity contribution >= 4 is 5.82 Å². The maximum Gasteiger partial charge on any atom is 0.158 e. The molecule has 0 amide bonds. The third kappa shape index (κ3) is 3.65. The van der Waals surface area contributed by atoms with Crippen LogP contribution in [0.5, 0.6) is 0 Å². The second kappa shape index (κ2) is 6.48. The van der Waals surface area contributed by atoms with Gasteiger partial charge in [-0.05, 0) is 33.2 Å². The minimum absolute atomic E-state index is 0.364. The first-order chi connectivity index (χ1) is 9.20. The molecule has 0 aliphatic carbocycles. The van der Waals surface area contributed by atoms with E-state index in [4.69, 9.17) is 5.26 Å². The summed E-state index contributed by atoms with van der Waals surface area (Å²) in [6.45, 7) is 6.36. The van der Waals surface area contributed by atoms with Crippen molar-refractivity contribution in [3.63, 3.8) is 0 Å². The number of rotatable bonds is 4. The molecule has 0 aromatic carbocycles. The van der Waals surface area contributed by atoms with Crippen molar-refractivity contribution in [3.05, 3.63) is 18.1 Å². The Morgan fingerprint density at radius 2 is 2.26 bits per heavy atom. The van der Waals surface area contributed by atoms with E-state index in [0.717, 1.165) is 18.9 Å². The molecule has 5 heteroatoms. The molecule has 1 aliphatic rings. The molecule has 1 aliphatic heterocycles. The van der Waals surface area contributed by atoms with E-state index in [1.165, 1.54) is 19.3 Å². The molecule has 0 spiro atoms. The van der Waals surface area contributed by atoms with Crippen LogP contribution in [0.25, 0.3) is 0 Å². The Morgan fingerprint density at radius 1 is 1.42 bits per heavy atom. The van der Waals surface area contributed by atoms with Crippen molar-refractivity contribution in [2.75, 3.05) is 18.0 Å². The molecule has 102 valence electrons. The molecule has 1 atom stereocenters. The average Bonchev–Trinajstić information content (AvgIpc) is 2.46. The highest BCUT2D eigenvalue weighted by molar-refractivity contribution is 5.38. The van der Waals surface area contributed by atoms with Crippen LogP contribution in [0, 0.1) is 11.3 Å². The van der Waals surface area contributed by atoms with Gasteiger partial charge in [-0.2, -0.15) is 5.26 Å². The zero-order valence-corrected chi connectivity index (χ0v) is 11.6. The Morgan fingerprint density at radius 3 is 2.79 bits per heavy atom. The quantitative estimate of drug-likeness (QED) is 0.891. The molecule has 0 radical (unpaired) electrons. The molecule has 19 heavy (non-hydrogen) atoms. The second-order valence-corrected chi connectivity index (χ2v) is 5.26. The fraction of sp³-hybridized carbons (Fsp3) is 0.643. The minimum atomic E-state index is 0.364. The molecule has 0 saturated carbocycles. The molecule has 1 aromatic heterocycles. The minimum Gasteiger partial charge on any atom is -0.351 e. The summed E-state index contributed by atoms with van der Waals surface area (Å²) in [7, 11) is 0. The Balaban J connectivity index is 2.07. The SMILES string of the molecule is CC(C)N(CC1CCCCN1)c1cnc(C#N)cn1. The van der Waals surface area contributed by atoms with Gasteiger partial charge in [-0.1, -0.05) is 6.42 Å². The Kier molecular flexibility index (Phi) is 4.69. The lowest BCUT2D eigenvalue weighted by atomic mass is 10.0. The molecule has 1 aromatic rings. The largest absolute Gasteiger partial charge is 0.351 e. The van der Waals surface area contributed by atoms with Crippen LogP contribution < -0.4 is 10.2 Å². The van der Waals surface area contributed by atoms with E-state index in [-0.39, 0.29) is 0 Å². The first-order valence-electron chi connectivity index (χ1n) is 6.93. The number of nitriles is 1. The van der Waals surface area contributed by atoms with E-state index >= 15 is 0 Å². The fourth-order valence-corrected chi connectivity index (χ4v) is 2.41. The standard InChI is InChI=1S/C14H21N5/c1-11(2)19(10-12-5-3-4-6-16-12)14-9-17-13(7-15)8-18-14/h8-9,11-12,16H,3-6,10H2,1-2H3. The number of hydrogen-bond donors (Lipinski definition) is 1. The van der Waals surface area contributed by atoms with Gasteiger partial charge in [-0.15, -0.1) is 0 Å². The van der Waals surface area contributed by atoms with Gasteiger partial charge in [-0.3, -0.25) is 0 Å². The van der Waals surface area contributed by atoms with Crippen molar-refractivity contribution in [3.8, 4) is 6.07 Å². The predicted molar refractivity (Wildman–Crippen MR) is 74.9 cm³/mol. The van der Waals surface area contributed by atoms with Gasteiger partial charge < -0.3 is 10.2 Å². The topological polar surface area (TPSA) is 64.8 Å². The zero-order chi connectivity index (χ0) is 13.7. The molecule has 2 heterocycles. The monoisotopic (exact) mass is 259 g/mol. The van der Waals surface area contributed by atoms with Crippen LogP contribution in [0.15, 0.2) is 12.4 Å². The van der Waals surface area contributed by atoms with E-state index in [0.29, 0.717) is 17.8 Å². The third-order valence-corrected chi connectivity index (χ3v) is 3.50. The maximum atomic E-state index is 8.76. The lowest BCUT2D eigenvalue weighted by Crippen LogP contribution is -2.46. The van der Waals surface area contributed by atoms with Crippen LogP contribution >= 0.6 is 0 Å². The molecule has 1 fully saturated rings. The summed E-state index contributed by atoms with van der Waals surface area (Å²) in [4.78, 5) is 10.7. The molecule has 5 nitrogen and oxygen atoms in total. The van der Waals surface area contributed by atoms with Crippen LogP contribution in [0.2, 0.25) is 0 Å². The Hall–Kier alpha value is -1.67. The van der Waals surface area contributed by atoms with Gasteiger partial charge in [0.25, 0.3) is 0 Å². The fourth-order valence-electron chi connectivity index (χ4n) is 2.41. The maximum absolute atomic E-state index is 8.76. The van der Waals surface area contributed by atoms with Crippen molar-refractivity contribution in [1.29, 1.82) is 5.26 Å². The van der Waals surface area contributed by atoms with Crippen LogP contribution in [0.4, 0.5) is 5.82 Å². The lowest BCUT2D eigenvalue weighted by molar-refractivity contribution is 0.392. The van der Waals surface area contributed by atoms with Gasteiger partial charge in [0.15, 0.2) is 5.69 Å². The van der Waals surface area contributed by atoms with E-state index in [9.17, 15) is 0 Å². The summed E-state index contributed by atoms with van der Waals surface area (Å²) in [6.07, 6.45) is 7.02. The van der Waals surface area contributed by atoms with E-state index in [1.807, 2.05) is 6.07 Å². The third-order valence-electron chi connectivity index (χ3n) is 3.50. The van der Waals surface area contributed by atoms with Gasteiger partial charge in [-0.25, -0.2) is 9.97 Å². The highest BCUT2D eigenvalue weighted by atomic mass is 15.2. The summed E-state index contributed by atoms with van der Waals surface area (Å²) in [5.41, 5.74) is 0.364. The van der Waals surface area contributed by atoms with E-state index in [2.05, 4.69) is 34.0 Å². The normalized spacial score (nSPS) is 19.2. The molecular weight excluding hydrogens is 238 g/mol. The molecular formula is C14H21N5. The summed E-state index contributed by atoms with van der Waals surface area (Å²) < 4.78 is 0. The molecule has 1 N–H and O–H groups in total.